The lowest BCUT2D eigenvalue weighted by molar-refractivity contribution is -0.0588. The van der Waals surface area contributed by atoms with Crippen LogP contribution in [0.2, 0.25) is 0 Å². The Labute approximate surface area is 159 Å². The Morgan fingerprint density at radius 1 is 0.964 bits per heavy atom. The van der Waals surface area contributed by atoms with Crippen LogP contribution < -0.4 is 14.6 Å². The van der Waals surface area contributed by atoms with Crippen molar-refractivity contribution in [2.75, 3.05) is 14.2 Å². The van der Waals surface area contributed by atoms with Crippen LogP contribution >= 0.6 is 0 Å². The molecule has 0 spiro atoms. The first kappa shape index (κ1) is 19.3. The fourth-order valence-electron chi connectivity index (χ4n) is 2.71. The number of hydrogen-bond acceptors (Lipinski definition) is 8. The van der Waals surface area contributed by atoms with Crippen molar-refractivity contribution in [2.45, 2.75) is 4.90 Å². The number of amides is 2. The van der Waals surface area contributed by atoms with Crippen molar-refractivity contribution in [3.8, 4) is 11.5 Å². The lowest BCUT2D eigenvalue weighted by Crippen LogP contribution is -2.33. The highest BCUT2D eigenvalue weighted by atomic mass is 32.2. The number of nitrogens with zero attached hydrogens (tertiary/aromatic N) is 1. The van der Waals surface area contributed by atoms with Crippen LogP contribution in [0.1, 0.15) is 31.1 Å². The van der Waals surface area contributed by atoms with Gasteiger partial charge < -0.3 is 14.3 Å². The molecule has 1 aliphatic rings. The lowest BCUT2D eigenvalue weighted by atomic mass is 10.1. The summed E-state index contributed by atoms with van der Waals surface area (Å²) in [7, 11) is -1.92. The van der Waals surface area contributed by atoms with Gasteiger partial charge in [0.25, 0.3) is 11.8 Å². The number of rotatable bonds is 5. The second-order valence-electron chi connectivity index (χ2n) is 5.55. The molecule has 0 fully saturated rings. The van der Waals surface area contributed by atoms with Gasteiger partial charge in [-0.3, -0.25) is 9.59 Å². The average molecular weight is 406 g/mol. The lowest BCUT2D eigenvalue weighted by Gasteiger charge is -2.17. The molecule has 0 atom stereocenters. The van der Waals surface area contributed by atoms with Gasteiger partial charge in [-0.25, -0.2) is 18.4 Å². The molecule has 1 aliphatic heterocycles. The SMILES string of the molecule is COc1ccc(S(N)(=O)=O)c(OC)c1C(=O)ON1C(=O)c2ccccc2C1=O. The molecule has 0 bridgehead atoms. The second-order valence-corrected chi connectivity index (χ2v) is 7.08. The van der Waals surface area contributed by atoms with Gasteiger partial charge in [0, 0.05) is 0 Å². The van der Waals surface area contributed by atoms with Gasteiger partial charge in [-0.15, -0.1) is 0 Å². The van der Waals surface area contributed by atoms with E-state index >= 15 is 0 Å². The van der Waals surface area contributed by atoms with Gasteiger partial charge in [0.05, 0.1) is 25.3 Å². The third-order valence-corrected chi connectivity index (χ3v) is 4.88. The Hall–Kier alpha value is -3.44. The highest BCUT2D eigenvalue weighted by Gasteiger charge is 2.40. The van der Waals surface area contributed by atoms with E-state index in [9.17, 15) is 22.8 Å². The molecular weight excluding hydrogens is 392 g/mol. The van der Waals surface area contributed by atoms with Gasteiger partial charge in [0.1, 0.15) is 16.2 Å². The van der Waals surface area contributed by atoms with Crippen LogP contribution in [0.3, 0.4) is 0 Å². The van der Waals surface area contributed by atoms with Crippen LogP contribution in [-0.2, 0) is 14.9 Å². The van der Waals surface area contributed by atoms with Gasteiger partial charge in [0.15, 0.2) is 5.75 Å². The first-order chi connectivity index (χ1) is 13.2. The maximum atomic E-state index is 12.7. The Balaban J connectivity index is 2.04. The minimum absolute atomic E-state index is 0.0671. The average Bonchev–Trinajstić information content (AvgIpc) is 2.91. The van der Waals surface area contributed by atoms with Gasteiger partial charge >= 0.3 is 5.97 Å². The Morgan fingerprint density at radius 2 is 1.54 bits per heavy atom. The third kappa shape index (κ3) is 3.06. The van der Waals surface area contributed by atoms with E-state index in [1.165, 1.54) is 25.3 Å². The summed E-state index contributed by atoms with van der Waals surface area (Å²) in [5.74, 6) is -3.47. The van der Waals surface area contributed by atoms with Crippen LogP contribution in [-0.4, -0.2) is 45.5 Å². The molecule has 0 saturated heterocycles. The molecule has 146 valence electrons. The molecule has 0 aromatic heterocycles. The van der Waals surface area contributed by atoms with E-state index in [1.54, 1.807) is 12.1 Å². The van der Waals surface area contributed by atoms with Crippen molar-refractivity contribution in [3.63, 3.8) is 0 Å². The van der Waals surface area contributed by atoms with E-state index < -0.39 is 44.0 Å². The third-order valence-electron chi connectivity index (χ3n) is 3.95. The smallest absolute Gasteiger partial charge is 0.371 e. The molecule has 11 heteroatoms. The first-order valence-electron chi connectivity index (χ1n) is 7.68. The van der Waals surface area contributed by atoms with Crippen LogP contribution in [0.15, 0.2) is 41.3 Å². The standard InChI is InChI=1S/C17H14N2O8S/c1-25-11-7-8-12(28(18,23)24)14(26-2)13(11)17(22)27-19-15(20)9-5-3-4-6-10(9)16(19)21/h3-8H,1-2H3,(H2,18,23,24). The van der Waals surface area contributed by atoms with Gasteiger partial charge in [-0.2, -0.15) is 0 Å². The van der Waals surface area contributed by atoms with Crippen LogP contribution in [0.25, 0.3) is 0 Å². The maximum absolute atomic E-state index is 12.7. The van der Waals surface area contributed by atoms with E-state index in [-0.39, 0.29) is 21.9 Å². The molecule has 0 unspecified atom stereocenters. The van der Waals surface area contributed by atoms with E-state index in [2.05, 4.69) is 0 Å². The van der Waals surface area contributed by atoms with E-state index in [0.29, 0.717) is 0 Å². The number of primary sulfonamides is 1. The molecule has 0 saturated carbocycles. The number of hydrogen-bond donors (Lipinski definition) is 1. The normalized spacial score (nSPS) is 13.3. The zero-order chi connectivity index (χ0) is 20.6. The summed E-state index contributed by atoms with van der Waals surface area (Å²) in [5, 5.41) is 5.43. The van der Waals surface area contributed by atoms with Crippen LogP contribution in [0, 0.1) is 0 Å². The summed E-state index contributed by atoms with van der Waals surface area (Å²) >= 11 is 0. The number of carbonyl (C=O) groups excluding carboxylic acids is 3. The molecule has 2 aromatic carbocycles. The molecule has 2 amide bonds. The second kappa shape index (κ2) is 6.94. The number of benzene rings is 2. The zero-order valence-corrected chi connectivity index (χ0v) is 15.5. The molecule has 2 aromatic rings. The topological polar surface area (TPSA) is 142 Å². The quantitative estimate of drug-likeness (QED) is 0.716. The Bertz CT molecular complexity index is 1080. The van der Waals surface area contributed by atoms with Crippen LogP contribution in [0.4, 0.5) is 0 Å². The number of methoxy groups -OCH3 is 2. The summed E-state index contributed by atoms with van der Waals surface area (Å²) in [6, 6.07) is 8.18. The summed E-state index contributed by atoms with van der Waals surface area (Å²) in [5.41, 5.74) is -0.317. The molecule has 1 heterocycles. The van der Waals surface area contributed by atoms with Crippen molar-refractivity contribution >= 4 is 27.8 Å². The maximum Gasteiger partial charge on any atom is 0.371 e. The van der Waals surface area contributed by atoms with E-state index in [4.69, 9.17) is 19.5 Å². The van der Waals surface area contributed by atoms with Crippen molar-refractivity contribution < 1.29 is 37.1 Å². The number of fused-ring (bicyclic) bond motifs is 1. The summed E-state index contributed by atoms with van der Waals surface area (Å²) in [6.07, 6.45) is 0. The summed E-state index contributed by atoms with van der Waals surface area (Å²) in [6.45, 7) is 0. The minimum atomic E-state index is -4.25. The molecule has 28 heavy (non-hydrogen) atoms. The largest absolute Gasteiger partial charge is 0.496 e. The van der Waals surface area contributed by atoms with Crippen molar-refractivity contribution in [1.82, 2.24) is 5.06 Å². The Kier molecular flexibility index (Phi) is 4.79. The van der Waals surface area contributed by atoms with Gasteiger partial charge in [-0.05, 0) is 24.3 Å². The highest BCUT2D eigenvalue weighted by Crippen LogP contribution is 2.35. The summed E-state index contributed by atoms with van der Waals surface area (Å²) < 4.78 is 33.6. The number of sulfonamides is 1. The van der Waals surface area contributed by atoms with Crippen molar-refractivity contribution in [3.05, 3.63) is 53.1 Å². The molecule has 0 aliphatic carbocycles. The minimum Gasteiger partial charge on any atom is -0.496 e. The Morgan fingerprint density at radius 3 is 2.00 bits per heavy atom. The van der Waals surface area contributed by atoms with E-state index in [0.717, 1.165) is 13.2 Å². The van der Waals surface area contributed by atoms with Gasteiger partial charge in [-0.1, -0.05) is 17.2 Å². The number of hydroxylamine groups is 2. The first-order valence-corrected chi connectivity index (χ1v) is 9.23. The predicted molar refractivity (Wildman–Crippen MR) is 93.3 cm³/mol. The molecule has 10 nitrogen and oxygen atoms in total. The summed E-state index contributed by atoms with van der Waals surface area (Å²) in [4.78, 5) is 41.9. The molecule has 2 N–H and O–H groups in total. The van der Waals surface area contributed by atoms with Crippen molar-refractivity contribution in [1.29, 1.82) is 0 Å². The predicted octanol–water partition coefficient (Wildman–Crippen LogP) is 0.719. The fourth-order valence-corrected chi connectivity index (χ4v) is 3.42. The number of imide groups is 1. The van der Waals surface area contributed by atoms with Crippen LogP contribution in [0.5, 0.6) is 11.5 Å². The fraction of sp³-hybridized carbons (Fsp3) is 0.118. The molecular formula is C17H14N2O8S. The monoisotopic (exact) mass is 406 g/mol. The van der Waals surface area contributed by atoms with Gasteiger partial charge in [0.2, 0.25) is 10.0 Å². The zero-order valence-electron chi connectivity index (χ0n) is 14.7. The molecule has 0 radical (unpaired) electrons. The highest BCUT2D eigenvalue weighted by molar-refractivity contribution is 7.89. The molecule has 3 rings (SSSR count). The van der Waals surface area contributed by atoms with Crippen molar-refractivity contribution in [2.24, 2.45) is 5.14 Å². The number of carbonyl (C=O) groups is 3. The van der Waals surface area contributed by atoms with E-state index in [1.807, 2.05) is 0 Å². The number of ether oxygens (including phenoxy) is 2. The number of nitrogens with two attached hydrogens (primary N) is 1.